The number of halogens is 1. The molecule has 2 rings (SSSR count). The molecule has 0 saturated heterocycles. The van der Waals surface area contributed by atoms with Crippen molar-refractivity contribution < 1.29 is 9.13 Å². The molecule has 1 unspecified atom stereocenters. The average Bonchev–Trinajstić information content (AvgIpc) is 2.62. The average molecular weight is 226 g/mol. The molecule has 0 bridgehead atoms. The van der Waals surface area contributed by atoms with Crippen molar-refractivity contribution in [2.24, 2.45) is 5.73 Å². The molecule has 0 aliphatic carbocycles. The Hall–Kier alpha value is -1.04. The van der Waals surface area contributed by atoms with Crippen LogP contribution >= 0.6 is 11.3 Å². The van der Waals surface area contributed by atoms with Crippen LogP contribution in [0.3, 0.4) is 0 Å². The van der Waals surface area contributed by atoms with Crippen molar-refractivity contribution in [1.29, 1.82) is 0 Å². The summed E-state index contributed by atoms with van der Waals surface area (Å²) in [6.45, 7) is 0.374. The van der Waals surface area contributed by atoms with Crippen molar-refractivity contribution in [2.75, 3.05) is 13.7 Å². The van der Waals surface area contributed by atoms with E-state index in [1.165, 1.54) is 23.5 Å². The lowest BCUT2D eigenvalue weighted by molar-refractivity contribution is 0.110. The molecule has 1 atom stereocenters. The summed E-state index contributed by atoms with van der Waals surface area (Å²) in [7, 11) is 1.59. The SMILES string of the molecule is COC(CN)c1nc2cc(F)ccc2s1. The van der Waals surface area contributed by atoms with E-state index >= 15 is 0 Å². The molecule has 0 aliphatic rings. The molecule has 0 saturated carbocycles. The molecule has 0 amide bonds. The number of aromatic nitrogens is 1. The van der Waals surface area contributed by atoms with Crippen molar-refractivity contribution >= 4 is 21.6 Å². The van der Waals surface area contributed by atoms with Gasteiger partial charge in [-0.05, 0) is 12.1 Å². The topological polar surface area (TPSA) is 48.1 Å². The van der Waals surface area contributed by atoms with E-state index in [1.807, 2.05) is 0 Å². The van der Waals surface area contributed by atoms with Crippen molar-refractivity contribution in [1.82, 2.24) is 4.98 Å². The van der Waals surface area contributed by atoms with Crippen LogP contribution in [0.1, 0.15) is 11.1 Å². The van der Waals surface area contributed by atoms with Crippen LogP contribution in [0, 0.1) is 5.82 Å². The van der Waals surface area contributed by atoms with Gasteiger partial charge in [-0.2, -0.15) is 0 Å². The van der Waals surface area contributed by atoms with Crippen LogP contribution in [0.15, 0.2) is 18.2 Å². The van der Waals surface area contributed by atoms with Gasteiger partial charge in [0.1, 0.15) is 16.9 Å². The number of thiazole rings is 1. The van der Waals surface area contributed by atoms with Crippen LogP contribution in [0.2, 0.25) is 0 Å². The van der Waals surface area contributed by atoms with Crippen LogP contribution < -0.4 is 5.73 Å². The third-order valence-electron chi connectivity index (χ3n) is 2.14. The summed E-state index contributed by atoms with van der Waals surface area (Å²) >= 11 is 1.48. The molecular weight excluding hydrogens is 215 g/mol. The van der Waals surface area contributed by atoms with E-state index in [9.17, 15) is 4.39 Å². The fourth-order valence-electron chi connectivity index (χ4n) is 1.35. The lowest BCUT2D eigenvalue weighted by Crippen LogP contribution is -2.13. The molecule has 0 fully saturated rings. The second-order valence-electron chi connectivity index (χ2n) is 3.12. The third kappa shape index (κ3) is 1.99. The molecule has 2 aromatic rings. The largest absolute Gasteiger partial charge is 0.373 e. The number of hydrogen-bond donors (Lipinski definition) is 1. The highest BCUT2D eigenvalue weighted by atomic mass is 32.1. The highest BCUT2D eigenvalue weighted by molar-refractivity contribution is 7.18. The second-order valence-corrected chi connectivity index (χ2v) is 4.19. The number of methoxy groups -OCH3 is 1. The Kier molecular flexibility index (Phi) is 2.95. The first-order chi connectivity index (χ1) is 7.24. The van der Waals surface area contributed by atoms with Crippen LogP contribution in [0.4, 0.5) is 4.39 Å². The zero-order valence-electron chi connectivity index (χ0n) is 8.24. The fourth-order valence-corrected chi connectivity index (χ4v) is 2.39. The first kappa shape index (κ1) is 10.5. The van der Waals surface area contributed by atoms with Crippen LogP contribution in [-0.2, 0) is 4.74 Å². The monoisotopic (exact) mass is 226 g/mol. The quantitative estimate of drug-likeness (QED) is 0.871. The van der Waals surface area contributed by atoms with Gasteiger partial charge in [-0.3, -0.25) is 0 Å². The van der Waals surface area contributed by atoms with Crippen molar-refractivity contribution in [3.63, 3.8) is 0 Å². The smallest absolute Gasteiger partial charge is 0.125 e. The Balaban J connectivity index is 2.46. The predicted octanol–water partition coefficient (Wildman–Crippen LogP) is 2.08. The van der Waals surface area contributed by atoms with Gasteiger partial charge in [0, 0.05) is 19.7 Å². The van der Waals surface area contributed by atoms with Crippen LogP contribution in [-0.4, -0.2) is 18.6 Å². The number of rotatable bonds is 3. The van der Waals surface area contributed by atoms with Gasteiger partial charge >= 0.3 is 0 Å². The van der Waals surface area contributed by atoms with E-state index in [2.05, 4.69) is 4.98 Å². The van der Waals surface area contributed by atoms with E-state index in [4.69, 9.17) is 10.5 Å². The molecule has 3 nitrogen and oxygen atoms in total. The van der Waals surface area contributed by atoms with E-state index in [1.54, 1.807) is 13.2 Å². The number of hydrogen-bond acceptors (Lipinski definition) is 4. The van der Waals surface area contributed by atoms with Gasteiger partial charge in [-0.1, -0.05) is 0 Å². The summed E-state index contributed by atoms with van der Waals surface area (Å²) in [5.41, 5.74) is 6.19. The van der Waals surface area contributed by atoms with Gasteiger partial charge in [0.15, 0.2) is 0 Å². The number of nitrogens with two attached hydrogens (primary N) is 1. The molecule has 80 valence electrons. The third-order valence-corrected chi connectivity index (χ3v) is 3.27. The zero-order chi connectivity index (χ0) is 10.8. The molecule has 1 aromatic heterocycles. The first-order valence-corrected chi connectivity index (χ1v) is 5.35. The molecule has 1 heterocycles. The Bertz CT molecular complexity index is 467. The minimum atomic E-state index is -0.277. The van der Waals surface area contributed by atoms with Gasteiger partial charge in [0.05, 0.1) is 10.2 Å². The predicted molar refractivity (Wildman–Crippen MR) is 58.4 cm³/mol. The van der Waals surface area contributed by atoms with E-state index < -0.39 is 0 Å². The molecule has 0 aliphatic heterocycles. The Labute approximate surface area is 90.7 Å². The Morgan fingerprint density at radius 1 is 1.60 bits per heavy atom. The first-order valence-electron chi connectivity index (χ1n) is 4.53. The maximum absolute atomic E-state index is 12.9. The van der Waals surface area contributed by atoms with E-state index in [-0.39, 0.29) is 11.9 Å². The highest BCUT2D eigenvalue weighted by Crippen LogP contribution is 2.27. The maximum atomic E-state index is 12.9. The summed E-state index contributed by atoms with van der Waals surface area (Å²) in [4.78, 5) is 4.29. The summed E-state index contributed by atoms with van der Waals surface area (Å²) < 4.78 is 19.0. The highest BCUT2D eigenvalue weighted by Gasteiger charge is 2.13. The standard InChI is InChI=1S/C10H11FN2OS/c1-14-8(5-12)10-13-7-4-6(11)2-3-9(7)15-10/h2-4,8H,5,12H2,1H3. The molecule has 1 aromatic carbocycles. The number of ether oxygens (including phenoxy) is 1. The minimum Gasteiger partial charge on any atom is -0.373 e. The van der Waals surface area contributed by atoms with Gasteiger partial charge in [0.2, 0.25) is 0 Å². The number of fused-ring (bicyclic) bond motifs is 1. The van der Waals surface area contributed by atoms with E-state index in [0.717, 1.165) is 9.71 Å². The van der Waals surface area contributed by atoms with Crippen LogP contribution in [0.25, 0.3) is 10.2 Å². The second kappa shape index (κ2) is 4.22. The summed E-state index contributed by atoms with van der Waals surface area (Å²) in [6.07, 6.45) is -0.203. The molecule has 5 heteroatoms. The van der Waals surface area contributed by atoms with Crippen LogP contribution in [0.5, 0.6) is 0 Å². The van der Waals surface area contributed by atoms with Gasteiger partial charge < -0.3 is 10.5 Å². The molecular formula is C10H11FN2OS. The van der Waals surface area contributed by atoms with E-state index in [0.29, 0.717) is 12.1 Å². The normalized spacial score (nSPS) is 13.3. The number of nitrogens with zero attached hydrogens (tertiary/aromatic N) is 1. The van der Waals surface area contributed by atoms with Gasteiger partial charge in [-0.25, -0.2) is 9.37 Å². The van der Waals surface area contributed by atoms with Crippen molar-refractivity contribution in [3.05, 3.63) is 29.0 Å². The van der Waals surface area contributed by atoms with Crippen molar-refractivity contribution in [2.45, 2.75) is 6.10 Å². The molecule has 0 radical (unpaired) electrons. The fraction of sp³-hybridized carbons (Fsp3) is 0.300. The summed E-state index contributed by atoms with van der Waals surface area (Å²) in [5.74, 6) is -0.277. The summed E-state index contributed by atoms with van der Waals surface area (Å²) in [6, 6.07) is 4.56. The Morgan fingerprint density at radius 2 is 2.40 bits per heavy atom. The molecule has 0 spiro atoms. The maximum Gasteiger partial charge on any atom is 0.125 e. The minimum absolute atomic E-state index is 0.203. The lowest BCUT2D eigenvalue weighted by Gasteiger charge is -2.07. The van der Waals surface area contributed by atoms with Gasteiger partial charge in [0.25, 0.3) is 0 Å². The lowest BCUT2D eigenvalue weighted by atomic mass is 10.3. The zero-order valence-corrected chi connectivity index (χ0v) is 9.05. The summed E-state index contributed by atoms with van der Waals surface area (Å²) in [5, 5.41) is 0.792. The molecule has 2 N–H and O–H groups in total. The number of benzene rings is 1. The van der Waals surface area contributed by atoms with Gasteiger partial charge in [-0.15, -0.1) is 11.3 Å². The molecule has 15 heavy (non-hydrogen) atoms. The Morgan fingerprint density at radius 3 is 3.07 bits per heavy atom. The van der Waals surface area contributed by atoms with Crippen molar-refractivity contribution in [3.8, 4) is 0 Å².